The third kappa shape index (κ3) is 4.04. The zero-order chi connectivity index (χ0) is 22.7. The zero-order valence-corrected chi connectivity index (χ0v) is 18.9. The maximum atomic E-state index is 11.7. The number of nitrogens with one attached hydrogen (secondary N) is 1. The first-order chi connectivity index (χ1) is 15.6. The Labute approximate surface area is 188 Å². The minimum absolute atomic E-state index is 0.0150. The first kappa shape index (κ1) is 21.4. The second-order valence-corrected chi connectivity index (χ2v) is 7.52. The molecule has 4 rings (SSSR count). The van der Waals surface area contributed by atoms with Gasteiger partial charge in [-0.05, 0) is 24.3 Å². The van der Waals surface area contributed by atoms with Gasteiger partial charge in [0.15, 0.2) is 18.1 Å². The number of anilines is 1. The van der Waals surface area contributed by atoms with Crippen molar-refractivity contribution in [3.63, 3.8) is 0 Å². The molecule has 9 nitrogen and oxygen atoms in total. The van der Waals surface area contributed by atoms with Crippen molar-refractivity contribution in [1.82, 2.24) is 4.68 Å². The summed E-state index contributed by atoms with van der Waals surface area (Å²) < 4.78 is 23.4. The smallest absolute Gasteiger partial charge is 0.262 e. The van der Waals surface area contributed by atoms with Gasteiger partial charge in [0.1, 0.15) is 11.5 Å². The molecule has 0 unspecified atom stereocenters. The van der Waals surface area contributed by atoms with Crippen LogP contribution in [0, 0.1) is 0 Å². The van der Waals surface area contributed by atoms with Crippen LogP contribution in [0.25, 0.3) is 11.3 Å². The SMILES string of the molecule is CN=c1scc(-c2ccc3c(c2)NC(=O)CO3)n1N=Cc1cc(OC)c(OC)cc1OC. The summed E-state index contributed by atoms with van der Waals surface area (Å²) in [4.78, 5) is 16.7. The highest BCUT2D eigenvalue weighted by atomic mass is 32.1. The summed E-state index contributed by atoms with van der Waals surface area (Å²) in [7, 11) is 6.43. The van der Waals surface area contributed by atoms with E-state index >= 15 is 0 Å². The summed E-state index contributed by atoms with van der Waals surface area (Å²) in [6.07, 6.45) is 1.68. The molecule has 1 aliphatic rings. The number of aromatic nitrogens is 1. The number of benzene rings is 2. The second kappa shape index (κ2) is 9.15. The molecule has 32 heavy (non-hydrogen) atoms. The molecular weight excluding hydrogens is 432 g/mol. The average molecular weight is 455 g/mol. The van der Waals surface area contributed by atoms with Crippen LogP contribution in [0.2, 0.25) is 0 Å². The molecule has 0 saturated carbocycles. The van der Waals surface area contributed by atoms with Crippen molar-refractivity contribution in [3.8, 4) is 34.3 Å². The minimum Gasteiger partial charge on any atom is -0.496 e. The van der Waals surface area contributed by atoms with Gasteiger partial charge in [-0.25, -0.2) is 4.68 Å². The van der Waals surface area contributed by atoms with E-state index in [9.17, 15) is 4.79 Å². The summed E-state index contributed by atoms with van der Waals surface area (Å²) in [6, 6.07) is 9.15. The van der Waals surface area contributed by atoms with E-state index in [-0.39, 0.29) is 12.5 Å². The molecule has 0 spiro atoms. The average Bonchev–Trinajstić information content (AvgIpc) is 3.24. The van der Waals surface area contributed by atoms with E-state index in [0.717, 1.165) is 11.3 Å². The third-order valence-electron chi connectivity index (χ3n) is 4.83. The number of fused-ring (bicyclic) bond motifs is 1. The van der Waals surface area contributed by atoms with Gasteiger partial charge in [-0.15, -0.1) is 11.3 Å². The summed E-state index contributed by atoms with van der Waals surface area (Å²) in [6.45, 7) is 0.0150. The fraction of sp³-hybridized carbons (Fsp3) is 0.227. The van der Waals surface area contributed by atoms with Crippen molar-refractivity contribution in [2.75, 3.05) is 40.3 Å². The Morgan fingerprint density at radius 2 is 1.84 bits per heavy atom. The van der Waals surface area contributed by atoms with Crippen molar-refractivity contribution in [1.29, 1.82) is 0 Å². The Morgan fingerprint density at radius 3 is 2.56 bits per heavy atom. The van der Waals surface area contributed by atoms with E-state index in [4.69, 9.17) is 18.9 Å². The van der Waals surface area contributed by atoms with E-state index in [2.05, 4.69) is 15.4 Å². The molecular formula is C22H22N4O5S. The summed E-state index contributed by atoms with van der Waals surface area (Å²) in [5.74, 6) is 2.17. The molecule has 1 aromatic heterocycles. The number of nitrogens with zero attached hydrogens (tertiary/aromatic N) is 3. The van der Waals surface area contributed by atoms with Crippen molar-refractivity contribution < 1.29 is 23.7 Å². The lowest BCUT2D eigenvalue weighted by atomic mass is 10.1. The zero-order valence-electron chi connectivity index (χ0n) is 18.0. The van der Waals surface area contributed by atoms with E-state index < -0.39 is 0 Å². The Balaban J connectivity index is 1.77. The quantitative estimate of drug-likeness (QED) is 0.578. The number of carbonyl (C=O) groups is 1. The molecule has 1 aliphatic heterocycles. The molecule has 0 bridgehead atoms. The highest BCUT2D eigenvalue weighted by Gasteiger charge is 2.18. The Morgan fingerprint density at radius 1 is 1.09 bits per heavy atom. The van der Waals surface area contributed by atoms with Crippen LogP contribution in [-0.2, 0) is 4.79 Å². The van der Waals surface area contributed by atoms with E-state index in [1.54, 1.807) is 51.4 Å². The number of hydrogen-bond acceptors (Lipinski definition) is 8. The second-order valence-electron chi connectivity index (χ2n) is 6.68. The Hall–Kier alpha value is -3.79. The monoisotopic (exact) mass is 454 g/mol. The van der Waals surface area contributed by atoms with Crippen molar-refractivity contribution in [2.24, 2.45) is 10.1 Å². The van der Waals surface area contributed by atoms with E-state index in [0.29, 0.717) is 39.1 Å². The van der Waals surface area contributed by atoms with Crippen LogP contribution in [0.4, 0.5) is 5.69 Å². The first-order valence-electron chi connectivity index (χ1n) is 9.62. The van der Waals surface area contributed by atoms with Gasteiger partial charge < -0.3 is 24.3 Å². The number of amides is 1. The van der Waals surface area contributed by atoms with Gasteiger partial charge in [0.05, 0.1) is 38.9 Å². The van der Waals surface area contributed by atoms with Gasteiger partial charge in [0.25, 0.3) is 5.91 Å². The number of thiazole rings is 1. The van der Waals surface area contributed by atoms with Crippen LogP contribution in [0.5, 0.6) is 23.0 Å². The van der Waals surface area contributed by atoms with Crippen LogP contribution in [0.3, 0.4) is 0 Å². The number of ether oxygens (including phenoxy) is 4. The van der Waals surface area contributed by atoms with E-state index in [1.807, 2.05) is 23.6 Å². The fourth-order valence-electron chi connectivity index (χ4n) is 3.28. The van der Waals surface area contributed by atoms with Crippen molar-refractivity contribution >= 4 is 29.1 Å². The number of carbonyl (C=O) groups excluding carboxylic acids is 1. The molecule has 2 heterocycles. The molecule has 0 saturated heterocycles. The molecule has 2 aromatic carbocycles. The summed E-state index contributed by atoms with van der Waals surface area (Å²) in [5, 5.41) is 9.45. The van der Waals surface area contributed by atoms with Crippen LogP contribution in [0.1, 0.15) is 5.56 Å². The molecule has 166 valence electrons. The Bertz CT molecular complexity index is 1260. The van der Waals surface area contributed by atoms with Crippen LogP contribution >= 0.6 is 11.3 Å². The van der Waals surface area contributed by atoms with Gasteiger partial charge >= 0.3 is 0 Å². The summed E-state index contributed by atoms with van der Waals surface area (Å²) in [5.41, 5.74) is 3.01. The van der Waals surface area contributed by atoms with Crippen LogP contribution in [0.15, 0.2) is 45.8 Å². The predicted molar refractivity (Wildman–Crippen MR) is 122 cm³/mol. The molecule has 0 atom stereocenters. The topological polar surface area (TPSA) is 95.7 Å². The standard InChI is InChI=1S/C22H22N4O5S/c1-23-22-26(24-10-14-8-19(29-3)20(30-4)9-18(14)28-2)16(12-32-22)13-5-6-17-15(7-13)25-21(27)11-31-17/h5-10,12H,11H2,1-4H3,(H,25,27). The van der Waals surface area contributed by atoms with Gasteiger partial charge in [-0.3, -0.25) is 9.79 Å². The van der Waals surface area contributed by atoms with Gasteiger partial charge in [0, 0.05) is 29.6 Å². The highest BCUT2D eigenvalue weighted by molar-refractivity contribution is 7.07. The lowest BCUT2D eigenvalue weighted by molar-refractivity contribution is -0.118. The number of rotatable bonds is 6. The lowest BCUT2D eigenvalue weighted by Gasteiger charge is -2.18. The maximum Gasteiger partial charge on any atom is 0.262 e. The molecule has 1 N–H and O–H groups in total. The highest BCUT2D eigenvalue weighted by Crippen LogP contribution is 2.35. The van der Waals surface area contributed by atoms with Gasteiger partial charge in [0.2, 0.25) is 4.80 Å². The number of hydrogen-bond donors (Lipinski definition) is 1. The van der Waals surface area contributed by atoms with Crippen LogP contribution in [-0.4, -0.2) is 51.8 Å². The number of methoxy groups -OCH3 is 3. The van der Waals surface area contributed by atoms with Crippen molar-refractivity contribution in [3.05, 3.63) is 46.1 Å². The normalized spacial score (nSPS) is 13.5. The summed E-state index contributed by atoms with van der Waals surface area (Å²) >= 11 is 1.46. The molecule has 10 heteroatoms. The predicted octanol–water partition coefficient (Wildman–Crippen LogP) is 2.99. The molecule has 0 fully saturated rings. The molecule has 0 aliphatic carbocycles. The largest absolute Gasteiger partial charge is 0.496 e. The molecule has 0 radical (unpaired) electrons. The maximum absolute atomic E-state index is 11.7. The minimum atomic E-state index is -0.185. The third-order valence-corrected chi connectivity index (χ3v) is 5.74. The fourth-order valence-corrected chi connectivity index (χ4v) is 4.08. The van der Waals surface area contributed by atoms with Crippen molar-refractivity contribution in [2.45, 2.75) is 0 Å². The van der Waals surface area contributed by atoms with Gasteiger partial charge in [-0.2, -0.15) is 5.10 Å². The van der Waals surface area contributed by atoms with Crippen LogP contribution < -0.4 is 29.1 Å². The first-order valence-corrected chi connectivity index (χ1v) is 10.5. The lowest BCUT2D eigenvalue weighted by Crippen LogP contribution is -2.25. The molecule has 1 amide bonds. The van der Waals surface area contributed by atoms with E-state index in [1.165, 1.54) is 11.3 Å². The molecule has 3 aromatic rings. The Kier molecular flexibility index (Phi) is 6.13. The van der Waals surface area contributed by atoms with Gasteiger partial charge in [-0.1, -0.05) is 0 Å².